The number of esters is 1. The summed E-state index contributed by atoms with van der Waals surface area (Å²) < 4.78 is 4.91. The van der Waals surface area contributed by atoms with Crippen molar-refractivity contribution in [1.82, 2.24) is 9.97 Å². The molecule has 0 bridgehead atoms. The van der Waals surface area contributed by atoms with Gasteiger partial charge in [0, 0.05) is 25.3 Å². The van der Waals surface area contributed by atoms with Gasteiger partial charge in [-0.3, -0.25) is 4.79 Å². The average Bonchev–Trinajstić information content (AvgIpc) is 3.08. The van der Waals surface area contributed by atoms with Crippen LogP contribution in [0.1, 0.15) is 39.7 Å². The van der Waals surface area contributed by atoms with Crippen molar-refractivity contribution in [2.45, 2.75) is 20.3 Å². The zero-order chi connectivity index (χ0) is 15.2. The van der Waals surface area contributed by atoms with Crippen LogP contribution in [0.15, 0.2) is 10.9 Å². The minimum Gasteiger partial charge on any atom is -0.461 e. The zero-order valence-electron chi connectivity index (χ0n) is 11.7. The number of hydrogen-bond donors (Lipinski definition) is 1. The van der Waals surface area contributed by atoms with Gasteiger partial charge in [0.05, 0.1) is 17.8 Å². The fraction of sp³-hybridized carbons (Fsp3) is 0.385. The van der Waals surface area contributed by atoms with Crippen molar-refractivity contribution in [3.05, 3.63) is 27.2 Å². The van der Waals surface area contributed by atoms with Crippen LogP contribution in [0.4, 0.5) is 5.13 Å². The first-order valence-electron chi connectivity index (χ1n) is 6.41. The van der Waals surface area contributed by atoms with Crippen molar-refractivity contribution >= 4 is 39.6 Å². The Morgan fingerprint density at radius 1 is 1.43 bits per heavy atom. The zero-order valence-corrected chi connectivity index (χ0v) is 13.3. The summed E-state index contributed by atoms with van der Waals surface area (Å²) in [7, 11) is 0. The summed E-state index contributed by atoms with van der Waals surface area (Å²) in [5, 5.41) is 5.63. The molecule has 0 aliphatic carbocycles. The van der Waals surface area contributed by atoms with E-state index in [4.69, 9.17) is 4.74 Å². The number of ketones is 1. The molecule has 112 valence electrons. The Labute approximate surface area is 130 Å². The Morgan fingerprint density at radius 3 is 2.86 bits per heavy atom. The normalized spacial score (nSPS) is 10.4. The molecule has 2 aromatic heterocycles. The van der Waals surface area contributed by atoms with Crippen LogP contribution in [0.25, 0.3) is 0 Å². The van der Waals surface area contributed by atoms with Gasteiger partial charge in [0.2, 0.25) is 0 Å². The second-order valence-corrected chi connectivity index (χ2v) is 5.85. The van der Waals surface area contributed by atoms with Gasteiger partial charge in [-0.2, -0.15) is 0 Å². The van der Waals surface area contributed by atoms with Crippen molar-refractivity contribution in [2.75, 3.05) is 18.5 Å². The van der Waals surface area contributed by atoms with Crippen molar-refractivity contribution in [1.29, 1.82) is 0 Å². The van der Waals surface area contributed by atoms with E-state index in [2.05, 4.69) is 15.3 Å². The molecule has 8 heteroatoms. The van der Waals surface area contributed by atoms with E-state index in [1.165, 1.54) is 18.3 Å². The second kappa shape index (κ2) is 7.28. The lowest BCUT2D eigenvalue weighted by Crippen LogP contribution is -2.10. The molecule has 0 saturated heterocycles. The van der Waals surface area contributed by atoms with Crippen LogP contribution in [0.2, 0.25) is 0 Å². The monoisotopic (exact) mass is 325 g/mol. The van der Waals surface area contributed by atoms with Gasteiger partial charge in [-0.05, 0) is 6.92 Å². The summed E-state index contributed by atoms with van der Waals surface area (Å²) in [5.41, 5.74) is 2.87. The highest BCUT2D eigenvalue weighted by Gasteiger charge is 2.22. The highest BCUT2D eigenvalue weighted by atomic mass is 32.1. The fourth-order valence-electron chi connectivity index (χ4n) is 1.63. The molecule has 0 atom stereocenters. The first kappa shape index (κ1) is 15.6. The van der Waals surface area contributed by atoms with Crippen LogP contribution in [0, 0.1) is 0 Å². The number of carbonyl (C=O) groups excluding carboxylic acids is 2. The first-order valence-corrected chi connectivity index (χ1v) is 8.17. The second-order valence-electron chi connectivity index (χ2n) is 4.13. The highest BCUT2D eigenvalue weighted by Crippen LogP contribution is 2.24. The number of hydrogen-bond acceptors (Lipinski definition) is 8. The molecular formula is C13H15N3O3S2. The van der Waals surface area contributed by atoms with E-state index in [1.54, 1.807) is 23.8 Å². The molecule has 0 spiro atoms. The number of rotatable bonds is 7. The van der Waals surface area contributed by atoms with Crippen LogP contribution < -0.4 is 5.32 Å². The molecule has 0 radical (unpaired) electrons. The molecule has 0 aliphatic rings. The van der Waals surface area contributed by atoms with E-state index < -0.39 is 5.97 Å². The van der Waals surface area contributed by atoms with Gasteiger partial charge in [-0.15, -0.1) is 11.3 Å². The molecule has 2 aromatic rings. The van der Waals surface area contributed by atoms with Crippen molar-refractivity contribution in [2.24, 2.45) is 0 Å². The van der Waals surface area contributed by atoms with E-state index in [-0.39, 0.29) is 18.1 Å². The van der Waals surface area contributed by atoms with Crippen LogP contribution in [0.3, 0.4) is 0 Å². The molecule has 2 heterocycles. The topological polar surface area (TPSA) is 81.2 Å². The average molecular weight is 325 g/mol. The number of carbonyl (C=O) groups is 2. The third kappa shape index (κ3) is 4.08. The SMILES string of the molecule is CCOC(=O)c1nc(NCCc2cscn2)sc1C(C)=O. The third-order valence-corrected chi connectivity index (χ3v) is 4.31. The summed E-state index contributed by atoms with van der Waals surface area (Å²) in [5.74, 6) is -0.755. The molecule has 0 aromatic carbocycles. The summed E-state index contributed by atoms with van der Waals surface area (Å²) in [6.07, 6.45) is 0.757. The molecule has 6 nitrogen and oxygen atoms in total. The molecule has 1 N–H and O–H groups in total. The Balaban J connectivity index is 2.04. The van der Waals surface area contributed by atoms with E-state index >= 15 is 0 Å². The molecule has 0 amide bonds. The maximum Gasteiger partial charge on any atom is 0.358 e. The predicted molar refractivity (Wildman–Crippen MR) is 82.4 cm³/mol. The van der Waals surface area contributed by atoms with Crippen molar-refractivity contribution < 1.29 is 14.3 Å². The Bertz CT molecular complexity index is 623. The van der Waals surface area contributed by atoms with E-state index in [9.17, 15) is 9.59 Å². The summed E-state index contributed by atoms with van der Waals surface area (Å²) in [6, 6.07) is 0. The summed E-state index contributed by atoms with van der Waals surface area (Å²) in [4.78, 5) is 32.0. The molecule has 0 fully saturated rings. The van der Waals surface area contributed by atoms with Gasteiger partial charge in [-0.1, -0.05) is 11.3 Å². The van der Waals surface area contributed by atoms with Crippen LogP contribution in [-0.2, 0) is 11.2 Å². The fourth-order valence-corrected chi connectivity index (χ4v) is 3.10. The summed E-state index contributed by atoms with van der Waals surface area (Å²) in [6.45, 7) is 4.01. The number of ether oxygens (including phenoxy) is 1. The van der Waals surface area contributed by atoms with Crippen LogP contribution >= 0.6 is 22.7 Å². The molecular weight excluding hydrogens is 310 g/mol. The Kier molecular flexibility index (Phi) is 5.40. The quantitative estimate of drug-likeness (QED) is 0.622. The lowest BCUT2D eigenvalue weighted by atomic mass is 10.3. The van der Waals surface area contributed by atoms with E-state index in [1.807, 2.05) is 5.38 Å². The minimum absolute atomic E-state index is 0.0884. The number of anilines is 1. The number of nitrogens with zero attached hydrogens (tertiary/aromatic N) is 2. The number of aromatic nitrogens is 2. The van der Waals surface area contributed by atoms with Crippen LogP contribution in [0.5, 0.6) is 0 Å². The molecule has 2 rings (SSSR count). The number of Topliss-reactive ketones (excluding diaryl/α,β-unsaturated/α-hetero) is 1. The van der Waals surface area contributed by atoms with Gasteiger partial charge in [-0.25, -0.2) is 14.8 Å². The molecule has 0 aliphatic heterocycles. The molecule has 0 saturated carbocycles. The van der Waals surface area contributed by atoms with Crippen LogP contribution in [-0.4, -0.2) is 34.9 Å². The van der Waals surface area contributed by atoms with Gasteiger partial charge < -0.3 is 10.1 Å². The smallest absolute Gasteiger partial charge is 0.358 e. The van der Waals surface area contributed by atoms with E-state index in [0.29, 0.717) is 16.6 Å². The van der Waals surface area contributed by atoms with Crippen molar-refractivity contribution in [3.63, 3.8) is 0 Å². The largest absolute Gasteiger partial charge is 0.461 e. The lowest BCUT2D eigenvalue weighted by molar-refractivity contribution is 0.0517. The number of nitrogens with one attached hydrogen (secondary N) is 1. The van der Waals surface area contributed by atoms with Crippen molar-refractivity contribution in [3.8, 4) is 0 Å². The standard InChI is InChI=1S/C13H15N3O3S2/c1-3-19-12(18)10-11(8(2)17)21-13(16-10)14-5-4-9-6-20-7-15-9/h6-7H,3-5H2,1-2H3,(H,14,16). The number of thiazole rings is 2. The maximum absolute atomic E-state index is 11.8. The summed E-state index contributed by atoms with van der Waals surface area (Å²) >= 11 is 2.72. The maximum atomic E-state index is 11.8. The lowest BCUT2D eigenvalue weighted by Gasteiger charge is -2.00. The molecule has 21 heavy (non-hydrogen) atoms. The van der Waals surface area contributed by atoms with E-state index in [0.717, 1.165) is 12.1 Å². The predicted octanol–water partition coefficient (Wildman–Crippen LogP) is 2.63. The third-order valence-electron chi connectivity index (χ3n) is 2.56. The molecule has 0 unspecified atom stereocenters. The highest BCUT2D eigenvalue weighted by molar-refractivity contribution is 7.17. The van der Waals surface area contributed by atoms with Gasteiger partial charge in [0.1, 0.15) is 4.88 Å². The Morgan fingerprint density at radius 2 is 2.24 bits per heavy atom. The van der Waals surface area contributed by atoms with Gasteiger partial charge in [0.25, 0.3) is 0 Å². The van der Waals surface area contributed by atoms with Gasteiger partial charge in [0.15, 0.2) is 16.6 Å². The Hall–Kier alpha value is -1.80. The van der Waals surface area contributed by atoms with Gasteiger partial charge >= 0.3 is 5.97 Å². The minimum atomic E-state index is -0.563. The first-order chi connectivity index (χ1) is 10.1.